The summed E-state index contributed by atoms with van der Waals surface area (Å²) in [4.78, 5) is 44.1. The highest BCUT2D eigenvalue weighted by atomic mass is 16.6. The Bertz CT molecular complexity index is 1040. The number of pyridine rings is 1. The van der Waals surface area contributed by atoms with Gasteiger partial charge in [0, 0.05) is 25.4 Å². The molecule has 1 heterocycles. The molecule has 2 rings (SSSR count). The van der Waals surface area contributed by atoms with Crippen molar-refractivity contribution in [2.24, 2.45) is 5.73 Å². The van der Waals surface area contributed by atoms with Gasteiger partial charge in [0.1, 0.15) is 23.4 Å². The third-order valence-electron chi connectivity index (χ3n) is 5.83. The molecule has 0 aliphatic carbocycles. The van der Waals surface area contributed by atoms with Gasteiger partial charge in [-0.2, -0.15) is 0 Å². The van der Waals surface area contributed by atoms with Crippen LogP contribution in [0.25, 0.3) is 0 Å². The van der Waals surface area contributed by atoms with Crippen molar-refractivity contribution >= 4 is 17.9 Å². The van der Waals surface area contributed by atoms with Gasteiger partial charge in [-0.3, -0.25) is 14.6 Å². The van der Waals surface area contributed by atoms with Crippen LogP contribution < -0.4 is 11.1 Å². The van der Waals surface area contributed by atoms with E-state index in [9.17, 15) is 19.5 Å². The minimum atomic E-state index is -1.01. The number of primary amides is 1. The van der Waals surface area contributed by atoms with Crippen LogP contribution in [-0.2, 0) is 27.2 Å². The van der Waals surface area contributed by atoms with Crippen molar-refractivity contribution in [3.8, 4) is 5.75 Å². The molecule has 196 valence electrons. The third-order valence-corrected chi connectivity index (χ3v) is 5.83. The highest BCUT2D eigenvalue weighted by molar-refractivity contribution is 5.91. The molecule has 0 aliphatic rings. The SMILES string of the molecule is Cc1cc(O)cc(C)c1CC(NC(=O)OC(C)(C)C)C(=O)N(CCCc1cccnc1)[C@H](C)C(N)=O. The molecule has 1 aromatic carbocycles. The number of ether oxygens (including phenoxy) is 1. The second-order valence-corrected chi connectivity index (χ2v) is 10.0. The van der Waals surface area contributed by atoms with Gasteiger partial charge in [0.15, 0.2) is 0 Å². The van der Waals surface area contributed by atoms with E-state index in [2.05, 4.69) is 10.3 Å². The van der Waals surface area contributed by atoms with Crippen LogP contribution in [0.15, 0.2) is 36.7 Å². The number of aryl methyl sites for hydroxylation is 3. The number of carbonyl (C=O) groups excluding carboxylic acids is 3. The number of amides is 3. The van der Waals surface area contributed by atoms with E-state index < -0.39 is 35.6 Å². The molecule has 4 N–H and O–H groups in total. The highest BCUT2D eigenvalue weighted by Crippen LogP contribution is 2.23. The maximum absolute atomic E-state index is 13.8. The van der Waals surface area contributed by atoms with Gasteiger partial charge in [0.05, 0.1) is 0 Å². The zero-order chi connectivity index (χ0) is 27.0. The third kappa shape index (κ3) is 8.55. The Morgan fingerprint density at radius 3 is 2.36 bits per heavy atom. The second kappa shape index (κ2) is 12.4. The van der Waals surface area contributed by atoms with Crippen LogP contribution in [0.4, 0.5) is 4.79 Å². The number of nitrogens with two attached hydrogens (primary N) is 1. The van der Waals surface area contributed by atoms with Crippen molar-refractivity contribution in [2.45, 2.75) is 78.5 Å². The Hall–Kier alpha value is -3.62. The van der Waals surface area contributed by atoms with Crippen LogP contribution in [0.1, 0.15) is 56.4 Å². The van der Waals surface area contributed by atoms with Crippen LogP contribution in [-0.4, -0.2) is 57.1 Å². The first-order chi connectivity index (χ1) is 16.8. The van der Waals surface area contributed by atoms with E-state index in [-0.39, 0.29) is 18.7 Å². The Balaban J connectivity index is 2.34. The summed E-state index contributed by atoms with van der Waals surface area (Å²) in [6.07, 6.45) is 4.09. The lowest BCUT2D eigenvalue weighted by Crippen LogP contribution is -2.55. The van der Waals surface area contributed by atoms with Crippen molar-refractivity contribution in [2.75, 3.05) is 6.54 Å². The fourth-order valence-electron chi connectivity index (χ4n) is 3.99. The fraction of sp³-hybridized carbons (Fsp3) is 0.481. The topological polar surface area (TPSA) is 135 Å². The number of alkyl carbamates (subject to hydrolysis) is 1. The van der Waals surface area contributed by atoms with E-state index >= 15 is 0 Å². The summed E-state index contributed by atoms with van der Waals surface area (Å²) in [5, 5.41) is 12.6. The number of rotatable bonds is 10. The number of hydrogen-bond acceptors (Lipinski definition) is 6. The minimum Gasteiger partial charge on any atom is -0.508 e. The standard InChI is InChI=1S/C27H38N4O5/c1-17-13-21(32)14-18(2)22(17)15-23(30-26(35)36-27(4,5)6)25(34)31(19(3)24(28)33)12-8-10-20-9-7-11-29-16-20/h7,9,11,13-14,16,19,23,32H,8,10,12,15H2,1-6H3,(H2,28,33)(H,30,35)/t19-,23?/m1/s1. The van der Waals surface area contributed by atoms with Gasteiger partial charge in [0.25, 0.3) is 0 Å². The molecule has 9 nitrogen and oxygen atoms in total. The number of hydrogen-bond donors (Lipinski definition) is 3. The van der Waals surface area contributed by atoms with Crippen molar-refractivity contribution < 1.29 is 24.2 Å². The van der Waals surface area contributed by atoms with Gasteiger partial charge in [-0.1, -0.05) is 6.07 Å². The van der Waals surface area contributed by atoms with Crippen molar-refractivity contribution in [3.05, 3.63) is 58.9 Å². The molecule has 9 heteroatoms. The number of benzene rings is 1. The van der Waals surface area contributed by atoms with Crippen molar-refractivity contribution in [1.29, 1.82) is 0 Å². The summed E-state index contributed by atoms with van der Waals surface area (Å²) in [6, 6.07) is 5.11. The number of nitrogens with zero attached hydrogens (tertiary/aromatic N) is 2. The first kappa shape index (κ1) is 28.6. The van der Waals surface area contributed by atoms with Gasteiger partial charge in [0.2, 0.25) is 11.8 Å². The predicted molar refractivity (Wildman–Crippen MR) is 137 cm³/mol. The molecule has 0 aliphatic heterocycles. The maximum atomic E-state index is 13.8. The molecule has 0 saturated carbocycles. The van der Waals surface area contributed by atoms with E-state index in [4.69, 9.17) is 10.5 Å². The lowest BCUT2D eigenvalue weighted by Gasteiger charge is -2.32. The smallest absolute Gasteiger partial charge is 0.408 e. The molecule has 1 aromatic heterocycles. The lowest BCUT2D eigenvalue weighted by atomic mass is 9.95. The molecule has 0 bridgehead atoms. The molecular weight excluding hydrogens is 460 g/mol. The molecule has 1 unspecified atom stereocenters. The number of phenolic OH excluding ortho intramolecular Hbond substituents is 1. The first-order valence-electron chi connectivity index (χ1n) is 12.1. The molecule has 0 radical (unpaired) electrons. The number of aromatic hydroxyl groups is 1. The van der Waals surface area contributed by atoms with Gasteiger partial charge < -0.3 is 25.8 Å². The summed E-state index contributed by atoms with van der Waals surface area (Å²) in [6.45, 7) is 10.7. The number of nitrogens with one attached hydrogen (secondary N) is 1. The van der Waals surface area contributed by atoms with E-state index in [1.165, 1.54) is 4.90 Å². The number of phenols is 1. The van der Waals surface area contributed by atoms with Crippen molar-refractivity contribution in [1.82, 2.24) is 15.2 Å². The Labute approximate surface area is 213 Å². The minimum absolute atomic E-state index is 0.121. The molecule has 3 amide bonds. The Kier molecular flexibility index (Phi) is 9.84. The first-order valence-corrected chi connectivity index (χ1v) is 12.1. The number of aromatic nitrogens is 1. The van der Waals surface area contributed by atoms with Crippen LogP contribution in [0.3, 0.4) is 0 Å². The van der Waals surface area contributed by atoms with Crippen LogP contribution in [0, 0.1) is 13.8 Å². The molecule has 0 spiro atoms. The quantitative estimate of drug-likeness (QED) is 0.460. The Morgan fingerprint density at radius 1 is 1.19 bits per heavy atom. The monoisotopic (exact) mass is 498 g/mol. The lowest BCUT2D eigenvalue weighted by molar-refractivity contribution is -0.140. The molecule has 0 saturated heterocycles. The van der Waals surface area contributed by atoms with E-state index in [1.807, 2.05) is 26.0 Å². The summed E-state index contributed by atoms with van der Waals surface area (Å²) < 4.78 is 5.40. The summed E-state index contributed by atoms with van der Waals surface area (Å²) >= 11 is 0. The molecular formula is C27H38N4O5. The zero-order valence-electron chi connectivity index (χ0n) is 22.0. The molecule has 0 fully saturated rings. The average molecular weight is 499 g/mol. The van der Waals surface area contributed by atoms with Gasteiger partial charge in [-0.05, 0) is 94.8 Å². The van der Waals surface area contributed by atoms with E-state index in [0.29, 0.717) is 12.8 Å². The Morgan fingerprint density at radius 2 is 1.83 bits per heavy atom. The van der Waals surface area contributed by atoms with E-state index in [1.54, 1.807) is 52.2 Å². The fourth-order valence-corrected chi connectivity index (χ4v) is 3.99. The summed E-state index contributed by atoms with van der Waals surface area (Å²) in [5.41, 5.74) is 8.20. The molecule has 2 aromatic rings. The second-order valence-electron chi connectivity index (χ2n) is 10.0. The number of carbonyl (C=O) groups is 3. The zero-order valence-corrected chi connectivity index (χ0v) is 22.0. The van der Waals surface area contributed by atoms with Crippen LogP contribution in [0.2, 0.25) is 0 Å². The molecule has 2 atom stereocenters. The van der Waals surface area contributed by atoms with Gasteiger partial charge >= 0.3 is 6.09 Å². The normalized spacial score (nSPS) is 12.9. The van der Waals surface area contributed by atoms with Crippen molar-refractivity contribution in [3.63, 3.8) is 0 Å². The summed E-state index contributed by atoms with van der Waals surface area (Å²) in [7, 11) is 0. The summed E-state index contributed by atoms with van der Waals surface area (Å²) in [5.74, 6) is -0.959. The molecule has 36 heavy (non-hydrogen) atoms. The predicted octanol–water partition coefficient (Wildman–Crippen LogP) is 3.18. The average Bonchev–Trinajstić information content (AvgIpc) is 2.76. The van der Waals surface area contributed by atoms with Crippen LogP contribution in [0.5, 0.6) is 5.75 Å². The maximum Gasteiger partial charge on any atom is 0.408 e. The highest BCUT2D eigenvalue weighted by Gasteiger charge is 2.33. The van der Waals surface area contributed by atoms with E-state index in [0.717, 1.165) is 22.3 Å². The van der Waals surface area contributed by atoms with Crippen LogP contribution >= 0.6 is 0 Å². The van der Waals surface area contributed by atoms with Gasteiger partial charge in [-0.25, -0.2) is 4.79 Å². The largest absolute Gasteiger partial charge is 0.508 e. The van der Waals surface area contributed by atoms with Gasteiger partial charge in [-0.15, -0.1) is 0 Å².